The number of hydrogen-bond donors (Lipinski definition) is 0. The third-order valence-electron chi connectivity index (χ3n) is 4.95. The standard InChI is InChI=1S/C18H23N3O/c1-4-18(2,3)15-7-10-17(22)14(12-15)11-13-5-8-16(9-6-13)20-21-19/h5-6,8-9,11,15H,4,7,10,12H2,1-3H3. The second kappa shape index (κ2) is 6.80. The van der Waals surface area contributed by atoms with E-state index in [9.17, 15) is 4.79 Å². The molecule has 0 aromatic heterocycles. The molecule has 1 aromatic rings. The van der Waals surface area contributed by atoms with E-state index in [1.54, 1.807) is 12.1 Å². The lowest BCUT2D eigenvalue weighted by Gasteiger charge is -2.36. The van der Waals surface area contributed by atoms with Gasteiger partial charge < -0.3 is 0 Å². The summed E-state index contributed by atoms with van der Waals surface area (Å²) in [6.07, 6.45) is 5.61. The predicted molar refractivity (Wildman–Crippen MR) is 89.6 cm³/mol. The molecule has 2 rings (SSSR count). The lowest BCUT2D eigenvalue weighted by atomic mass is 9.68. The second-order valence-electron chi connectivity index (χ2n) is 6.66. The molecule has 0 amide bonds. The van der Waals surface area contributed by atoms with Crippen LogP contribution in [0.2, 0.25) is 0 Å². The molecule has 1 saturated carbocycles. The summed E-state index contributed by atoms with van der Waals surface area (Å²) in [6.45, 7) is 6.80. The Morgan fingerprint density at radius 1 is 1.36 bits per heavy atom. The average molecular weight is 297 g/mol. The Morgan fingerprint density at radius 3 is 2.64 bits per heavy atom. The lowest BCUT2D eigenvalue weighted by Crippen LogP contribution is -2.29. The summed E-state index contributed by atoms with van der Waals surface area (Å²) in [4.78, 5) is 15.0. The van der Waals surface area contributed by atoms with Crippen LogP contribution in [0.5, 0.6) is 0 Å². The van der Waals surface area contributed by atoms with Crippen LogP contribution in [0, 0.1) is 11.3 Å². The fraction of sp³-hybridized carbons (Fsp3) is 0.500. The molecule has 1 aromatic carbocycles. The first-order chi connectivity index (χ1) is 10.5. The normalized spacial score (nSPS) is 20.8. The van der Waals surface area contributed by atoms with Crippen LogP contribution in [-0.4, -0.2) is 5.78 Å². The molecule has 4 nitrogen and oxygen atoms in total. The van der Waals surface area contributed by atoms with Crippen molar-refractivity contribution in [1.82, 2.24) is 0 Å². The van der Waals surface area contributed by atoms with Crippen LogP contribution in [0.25, 0.3) is 16.5 Å². The molecule has 0 heterocycles. The second-order valence-corrected chi connectivity index (χ2v) is 6.66. The van der Waals surface area contributed by atoms with Gasteiger partial charge in [0, 0.05) is 17.0 Å². The highest BCUT2D eigenvalue weighted by Crippen LogP contribution is 2.41. The molecule has 0 radical (unpaired) electrons. The van der Waals surface area contributed by atoms with Gasteiger partial charge in [-0.05, 0) is 46.9 Å². The number of carbonyl (C=O) groups is 1. The van der Waals surface area contributed by atoms with E-state index in [2.05, 4.69) is 30.8 Å². The van der Waals surface area contributed by atoms with Crippen LogP contribution in [0.3, 0.4) is 0 Å². The molecule has 1 unspecified atom stereocenters. The van der Waals surface area contributed by atoms with Crippen molar-refractivity contribution in [1.29, 1.82) is 0 Å². The molecule has 1 atom stereocenters. The molecule has 1 aliphatic rings. The van der Waals surface area contributed by atoms with Crippen molar-refractivity contribution in [2.75, 3.05) is 0 Å². The van der Waals surface area contributed by atoms with Crippen molar-refractivity contribution in [2.45, 2.75) is 46.5 Å². The maximum atomic E-state index is 12.2. The number of benzene rings is 1. The average Bonchev–Trinajstić information content (AvgIpc) is 2.51. The fourth-order valence-electron chi connectivity index (χ4n) is 2.93. The van der Waals surface area contributed by atoms with Crippen LogP contribution in [0.1, 0.15) is 52.0 Å². The highest BCUT2D eigenvalue weighted by atomic mass is 16.1. The van der Waals surface area contributed by atoms with Gasteiger partial charge in [0.05, 0.1) is 0 Å². The molecule has 0 bridgehead atoms. The van der Waals surface area contributed by atoms with E-state index in [4.69, 9.17) is 5.53 Å². The smallest absolute Gasteiger partial charge is 0.158 e. The van der Waals surface area contributed by atoms with Crippen LogP contribution >= 0.6 is 0 Å². The molecule has 1 aliphatic carbocycles. The van der Waals surface area contributed by atoms with Crippen LogP contribution in [0.15, 0.2) is 35.0 Å². The van der Waals surface area contributed by atoms with Crippen LogP contribution in [-0.2, 0) is 4.79 Å². The Balaban J connectivity index is 2.21. The highest BCUT2D eigenvalue weighted by Gasteiger charge is 2.33. The minimum absolute atomic E-state index is 0.266. The van der Waals surface area contributed by atoms with E-state index < -0.39 is 0 Å². The molecular weight excluding hydrogens is 274 g/mol. The number of azide groups is 1. The third-order valence-corrected chi connectivity index (χ3v) is 4.95. The molecule has 0 aliphatic heterocycles. The van der Waals surface area contributed by atoms with Gasteiger partial charge in [-0.1, -0.05) is 56.6 Å². The van der Waals surface area contributed by atoms with Gasteiger partial charge in [-0.25, -0.2) is 0 Å². The first kappa shape index (κ1) is 16.3. The van der Waals surface area contributed by atoms with Gasteiger partial charge in [0.1, 0.15) is 0 Å². The van der Waals surface area contributed by atoms with Gasteiger partial charge in [-0.2, -0.15) is 0 Å². The molecule has 0 spiro atoms. The van der Waals surface area contributed by atoms with Gasteiger partial charge in [0.15, 0.2) is 5.78 Å². The molecule has 1 fully saturated rings. The summed E-state index contributed by atoms with van der Waals surface area (Å²) in [5.74, 6) is 0.825. The minimum Gasteiger partial charge on any atom is -0.295 e. The van der Waals surface area contributed by atoms with Crippen LogP contribution in [0.4, 0.5) is 5.69 Å². The zero-order valence-electron chi connectivity index (χ0n) is 13.5. The Morgan fingerprint density at radius 2 is 2.05 bits per heavy atom. The number of nitrogens with zero attached hydrogens (tertiary/aromatic N) is 3. The van der Waals surface area contributed by atoms with Gasteiger partial charge in [0.25, 0.3) is 0 Å². The summed E-state index contributed by atoms with van der Waals surface area (Å²) >= 11 is 0. The number of allylic oxidation sites excluding steroid dienone is 1. The lowest BCUT2D eigenvalue weighted by molar-refractivity contribution is -0.117. The van der Waals surface area contributed by atoms with Crippen molar-refractivity contribution in [3.63, 3.8) is 0 Å². The van der Waals surface area contributed by atoms with E-state index in [0.29, 0.717) is 18.0 Å². The van der Waals surface area contributed by atoms with Crippen molar-refractivity contribution in [2.24, 2.45) is 16.4 Å². The Kier molecular flexibility index (Phi) is 5.04. The molecule has 116 valence electrons. The summed E-state index contributed by atoms with van der Waals surface area (Å²) in [7, 11) is 0. The van der Waals surface area contributed by atoms with E-state index in [1.807, 2.05) is 18.2 Å². The van der Waals surface area contributed by atoms with Crippen molar-refractivity contribution < 1.29 is 4.79 Å². The van der Waals surface area contributed by atoms with Gasteiger partial charge in [-0.3, -0.25) is 4.79 Å². The number of Topliss-reactive ketones (excluding diaryl/α,β-unsaturated/α-hetero) is 1. The van der Waals surface area contributed by atoms with E-state index in [-0.39, 0.29) is 11.2 Å². The predicted octanol–water partition coefficient (Wildman–Crippen LogP) is 5.82. The maximum Gasteiger partial charge on any atom is 0.158 e. The molecule has 0 N–H and O–H groups in total. The summed E-state index contributed by atoms with van der Waals surface area (Å²) in [5, 5.41) is 3.56. The summed E-state index contributed by atoms with van der Waals surface area (Å²) in [5.41, 5.74) is 11.2. The molecule has 0 saturated heterocycles. The van der Waals surface area contributed by atoms with Gasteiger partial charge in [-0.15, -0.1) is 0 Å². The van der Waals surface area contributed by atoms with E-state index in [1.165, 1.54) is 0 Å². The molecule has 4 heteroatoms. The molecule has 22 heavy (non-hydrogen) atoms. The Hall–Kier alpha value is -2.06. The van der Waals surface area contributed by atoms with E-state index >= 15 is 0 Å². The Labute approximate surface area is 131 Å². The highest BCUT2D eigenvalue weighted by molar-refractivity contribution is 6.00. The zero-order chi connectivity index (χ0) is 16.2. The van der Waals surface area contributed by atoms with Crippen LogP contribution < -0.4 is 0 Å². The number of rotatable bonds is 4. The van der Waals surface area contributed by atoms with Crippen molar-refractivity contribution in [3.05, 3.63) is 45.8 Å². The zero-order valence-corrected chi connectivity index (χ0v) is 13.5. The summed E-state index contributed by atoms with van der Waals surface area (Å²) < 4.78 is 0. The Bertz CT molecular complexity index is 622. The number of hydrogen-bond acceptors (Lipinski definition) is 2. The largest absolute Gasteiger partial charge is 0.295 e. The number of ketones is 1. The minimum atomic E-state index is 0.266. The van der Waals surface area contributed by atoms with E-state index in [0.717, 1.165) is 30.4 Å². The SMILES string of the molecule is CCC(C)(C)C1CCC(=O)C(=Cc2ccc(N=[N+]=[N-])cc2)C1. The summed E-state index contributed by atoms with van der Waals surface area (Å²) in [6, 6.07) is 7.32. The van der Waals surface area contributed by atoms with Gasteiger partial charge in [0.2, 0.25) is 0 Å². The topological polar surface area (TPSA) is 65.8 Å². The quantitative estimate of drug-likeness (QED) is 0.299. The maximum absolute atomic E-state index is 12.2. The number of carbonyl (C=O) groups excluding carboxylic acids is 1. The van der Waals surface area contributed by atoms with Crippen molar-refractivity contribution >= 4 is 17.5 Å². The molecular formula is C18H23N3O. The third kappa shape index (κ3) is 3.77. The fourth-order valence-corrected chi connectivity index (χ4v) is 2.93. The first-order valence-electron chi connectivity index (χ1n) is 7.85. The van der Waals surface area contributed by atoms with Gasteiger partial charge >= 0.3 is 0 Å². The van der Waals surface area contributed by atoms with Crippen molar-refractivity contribution in [3.8, 4) is 0 Å². The first-order valence-corrected chi connectivity index (χ1v) is 7.85. The monoisotopic (exact) mass is 297 g/mol.